The van der Waals surface area contributed by atoms with E-state index in [1.54, 1.807) is 0 Å². The maximum absolute atomic E-state index is 12.8. The summed E-state index contributed by atoms with van der Waals surface area (Å²) in [5.74, 6) is 0.817. The van der Waals surface area contributed by atoms with Crippen molar-refractivity contribution in [3.05, 3.63) is 35.6 Å². The average Bonchev–Trinajstić information content (AvgIpc) is 2.36. The Labute approximate surface area is 113 Å². The molecule has 0 bridgehead atoms. The van der Waals surface area contributed by atoms with Gasteiger partial charge in [-0.25, -0.2) is 4.39 Å². The van der Waals surface area contributed by atoms with E-state index in [0.717, 1.165) is 12.2 Å². The van der Waals surface area contributed by atoms with Crippen molar-refractivity contribution >= 4 is 17.5 Å². The summed E-state index contributed by atoms with van der Waals surface area (Å²) in [5.41, 5.74) is 0.570. The molecule has 1 rings (SSSR count). The first-order chi connectivity index (χ1) is 8.54. The topological polar surface area (TPSA) is 20.3 Å². The van der Waals surface area contributed by atoms with Crippen LogP contribution in [0.15, 0.2) is 24.3 Å². The Morgan fingerprint density at radius 3 is 2.56 bits per heavy atom. The molecule has 2 nitrogen and oxygen atoms in total. The van der Waals surface area contributed by atoms with Gasteiger partial charge >= 0.3 is 0 Å². The normalized spacial score (nSPS) is 12.7. The minimum atomic E-state index is -0.312. The van der Waals surface area contributed by atoms with E-state index in [1.807, 2.05) is 23.7 Å². The standard InChI is InChI=1S/C14H20FNOS/c1-11(8-9-18-3)16(2)10-14(17)12-4-6-13(15)7-5-12/h4-7,11H,8-10H2,1-3H3. The second-order valence-corrected chi connectivity index (χ2v) is 5.46. The van der Waals surface area contributed by atoms with Crippen LogP contribution in [-0.4, -0.2) is 42.3 Å². The third kappa shape index (κ3) is 4.78. The quantitative estimate of drug-likeness (QED) is 0.710. The van der Waals surface area contributed by atoms with Crippen LogP contribution in [0.2, 0.25) is 0 Å². The summed E-state index contributed by atoms with van der Waals surface area (Å²) in [6, 6.07) is 6.10. The van der Waals surface area contributed by atoms with E-state index in [0.29, 0.717) is 18.2 Å². The molecule has 18 heavy (non-hydrogen) atoms. The Morgan fingerprint density at radius 1 is 1.39 bits per heavy atom. The molecule has 0 amide bonds. The number of likely N-dealkylation sites (N-methyl/N-ethyl adjacent to an activating group) is 1. The molecule has 0 heterocycles. The Bertz CT molecular complexity index is 380. The minimum absolute atomic E-state index is 0.0356. The van der Waals surface area contributed by atoms with Gasteiger partial charge in [-0.2, -0.15) is 11.8 Å². The van der Waals surface area contributed by atoms with E-state index in [-0.39, 0.29) is 11.6 Å². The van der Waals surface area contributed by atoms with Gasteiger partial charge in [0.1, 0.15) is 5.82 Å². The van der Waals surface area contributed by atoms with Gasteiger partial charge in [0.05, 0.1) is 6.54 Å². The van der Waals surface area contributed by atoms with E-state index in [4.69, 9.17) is 0 Å². The Morgan fingerprint density at radius 2 is 2.00 bits per heavy atom. The van der Waals surface area contributed by atoms with E-state index < -0.39 is 0 Å². The summed E-state index contributed by atoms with van der Waals surface area (Å²) in [5, 5.41) is 0. The van der Waals surface area contributed by atoms with Crippen molar-refractivity contribution in [1.82, 2.24) is 4.90 Å². The number of hydrogen-bond donors (Lipinski definition) is 0. The van der Waals surface area contributed by atoms with Crippen molar-refractivity contribution in [3.63, 3.8) is 0 Å². The average molecular weight is 269 g/mol. The molecule has 0 spiro atoms. The lowest BCUT2D eigenvalue weighted by Crippen LogP contribution is -2.34. The molecule has 0 aliphatic heterocycles. The van der Waals surface area contributed by atoms with Crippen LogP contribution >= 0.6 is 11.8 Å². The van der Waals surface area contributed by atoms with Crippen LogP contribution in [0.3, 0.4) is 0 Å². The SMILES string of the molecule is CSCCC(C)N(C)CC(=O)c1ccc(F)cc1. The molecular formula is C14H20FNOS. The molecule has 1 atom stereocenters. The van der Waals surface area contributed by atoms with Gasteiger partial charge < -0.3 is 0 Å². The number of Topliss-reactive ketones (excluding diaryl/α,β-unsaturated/α-hetero) is 1. The highest BCUT2D eigenvalue weighted by Gasteiger charge is 2.14. The third-order valence-electron chi connectivity index (χ3n) is 3.05. The van der Waals surface area contributed by atoms with Crippen LogP contribution in [-0.2, 0) is 0 Å². The summed E-state index contributed by atoms with van der Waals surface area (Å²) in [6.07, 6.45) is 3.14. The number of carbonyl (C=O) groups is 1. The first-order valence-corrected chi connectivity index (χ1v) is 7.42. The summed E-state index contributed by atoms with van der Waals surface area (Å²) in [6.45, 7) is 2.50. The van der Waals surface area contributed by atoms with Crippen LogP contribution in [0.25, 0.3) is 0 Å². The fraction of sp³-hybridized carbons (Fsp3) is 0.500. The number of nitrogens with zero attached hydrogens (tertiary/aromatic N) is 1. The zero-order valence-electron chi connectivity index (χ0n) is 11.1. The van der Waals surface area contributed by atoms with Crippen LogP contribution in [0.4, 0.5) is 4.39 Å². The van der Waals surface area contributed by atoms with Crippen molar-refractivity contribution in [3.8, 4) is 0 Å². The van der Waals surface area contributed by atoms with Gasteiger partial charge in [-0.3, -0.25) is 9.69 Å². The maximum Gasteiger partial charge on any atom is 0.176 e. The molecule has 0 aliphatic carbocycles. The second-order valence-electron chi connectivity index (χ2n) is 4.48. The largest absolute Gasteiger partial charge is 0.296 e. The van der Waals surface area contributed by atoms with Gasteiger partial charge in [-0.15, -0.1) is 0 Å². The molecule has 0 aromatic heterocycles. The molecule has 1 aromatic rings. The van der Waals surface area contributed by atoms with Crippen LogP contribution in [0.1, 0.15) is 23.7 Å². The minimum Gasteiger partial charge on any atom is -0.296 e. The van der Waals surface area contributed by atoms with Gasteiger partial charge in [0, 0.05) is 11.6 Å². The lowest BCUT2D eigenvalue weighted by Gasteiger charge is -2.23. The molecular weight excluding hydrogens is 249 g/mol. The lowest BCUT2D eigenvalue weighted by molar-refractivity contribution is 0.0923. The molecule has 0 radical (unpaired) electrons. The Balaban J connectivity index is 2.51. The highest BCUT2D eigenvalue weighted by atomic mass is 32.2. The molecule has 0 saturated carbocycles. The van der Waals surface area contributed by atoms with Gasteiger partial charge in [-0.05, 0) is 56.7 Å². The fourth-order valence-corrected chi connectivity index (χ4v) is 2.20. The van der Waals surface area contributed by atoms with E-state index in [9.17, 15) is 9.18 Å². The molecule has 0 saturated heterocycles. The molecule has 1 aromatic carbocycles. The maximum atomic E-state index is 12.8. The van der Waals surface area contributed by atoms with Crippen molar-refractivity contribution in [1.29, 1.82) is 0 Å². The van der Waals surface area contributed by atoms with Crippen LogP contribution < -0.4 is 0 Å². The van der Waals surface area contributed by atoms with Gasteiger partial charge in [-0.1, -0.05) is 0 Å². The lowest BCUT2D eigenvalue weighted by atomic mass is 10.1. The van der Waals surface area contributed by atoms with Crippen LogP contribution in [0, 0.1) is 5.82 Å². The molecule has 100 valence electrons. The van der Waals surface area contributed by atoms with Crippen molar-refractivity contribution < 1.29 is 9.18 Å². The van der Waals surface area contributed by atoms with Crippen molar-refractivity contribution in [2.75, 3.05) is 25.6 Å². The van der Waals surface area contributed by atoms with E-state index in [1.165, 1.54) is 24.3 Å². The highest BCUT2D eigenvalue weighted by molar-refractivity contribution is 7.98. The Kier molecular flexibility index (Phi) is 6.36. The van der Waals surface area contributed by atoms with Crippen molar-refractivity contribution in [2.45, 2.75) is 19.4 Å². The smallest absolute Gasteiger partial charge is 0.176 e. The Hall–Kier alpha value is -0.870. The number of rotatable bonds is 7. The molecule has 0 aliphatic rings. The second kappa shape index (κ2) is 7.54. The molecule has 0 N–H and O–H groups in total. The summed E-state index contributed by atoms with van der Waals surface area (Å²) >= 11 is 1.81. The molecule has 4 heteroatoms. The van der Waals surface area contributed by atoms with Gasteiger partial charge in [0.25, 0.3) is 0 Å². The number of thioether (sulfide) groups is 1. The van der Waals surface area contributed by atoms with E-state index >= 15 is 0 Å². The number of ketones is 1. The predicted molar refractivity (Wildman–Crippen MR) is 75.8 cm³/mol. The van der Waals surface area contributed by atoms with Gasteiger partial charge in [0.15, 0.2) is 5.78 Å². The monoisotopic (exact) mass is 269 g/mol. The summed E-state index contributed by atoms with van der Waals surface area (Å²) < 4.78 is 12.8. The first kappa shape index (κ1) is 15.2. The third-order valence-corrected chi connectivity index (χ3v) is 3.70. The molecule has 0 fully saturated rings. The fourth-order valence-electron chi connectivity index (χ4n) is 1.62. The molecule has 1 unspecified atom stereocenters. The zero-order chi connectivity index (χ0) is 13.5. The van der Waals surface area contributed by atoms with Gasteiger partial charge in [0.2, 0.25) is 0 Å². The number of carbonyl (C=O) groups excluding carboxylic acids is 1. The number of halogens is 1. The van der Waals surface area contributed by atoms with Crippen LogP contribution in [0.5, 0.6) is 0 Å². The predicted octanol–water partition coefficient (Wildman–Crippen LogP) is 3.08. The zero-order valence-corrected chi connectivity index (χ0v) is 12.0. The number of hydrogen-bond acceptors (Lipinski definition) is 3. The van der Waals surface area contributed by atoms with Crippen molar-refractivity contribution in [2.24, 2.45) is 0 Å². The van der Waals surface area contributed by atoms with E-state index in [2.05, 4.69) is 13.2 Å². The summed E-state index contributed by atoms with van der Waals surface area (Å²) in [7, 11) is 1.95. The number of benzene rings is 1. The highest BCUT2D eigenvalue weighted by Crippen LogP contribution is 2.09. The first-order valence-electron chi connectivity index (χ1n) is 6.02. The summed E-state index contributed by atoms with van der Waals surface area (Å²) in [4.78, 5) is 14.0.